The number of hydrogen-bond acceptors (Lipinski definition) is 5. The highest BCUT2D eigenvalue weighted by molar-refractivity contribution is 7.17. The first-order valence-electron chi connectivity index (χ1n) is 9.04. The molecule has 0 aliphatic rings. The Balaban J connectivity index is 1.34. The summed E-state index contributed by atoms with van der Waals surface area (Å²) in [5.74, 6) is -0.141. The van der Waals surface area contributed by atoms with Gasteiger partial charge in [-0.1, -0.05) is 42.5 Å². The van der Waals surface area contributed by atoms with E-state index in [1.807, 2.05) is 83.7 Å². The quantitative estimate of drug-likeness (QED) is 0.406. The Morgan fingerprint density at radius 3 is 2.55 bits per heavy atom. The summed E-state index contributed by atoms with van der Waals surface area (Å²) in [6, 6.07) is 17.6. The number of aromatic nitrogens is 3. The molecular weight excluding hydrogens is 400 g/mol. The highest BCUT2D eigenvalue weighted by atomic mass is 32.1. The first kappa shape index (κ1) is 17.8. The van der Waals surface area contributed by atoms with Crippen molar-refractivity contribution in [1.29, 1.82) is 0 Å². The minimum absolute atomic E-state index is 0.141. The molecule has 0 fully saturated rings. The number of benzene rings is 2. The first-order valence-corrected chi connectivity index (χ1v) is 10.7. The zero-order chi connectivity index (χ0) is 19.8. The topological polar surface area (TPSA) is 59.3 Å². The van der Waals surface area contributed by atoms with E-state index in [-0.39, 0.29) is 5.91 Å². The molecule has 29 heavy (non-hydrogen) atoms. The van der Waals surface area contributed by atoms with Gasteiger partial charge >= 0.3 is 0 Å². The van der Waals surface area contributed by atoms with Crippen molar-refractivity contribution in [1.82, 2.24) is 14.4 Å². The van der Waals surface area contributed by atoms with Crippen LogP contribution in [0.5, 0.6) is 0 Å². The van der Waals surface area contributed by atoms with E-state index in [2.05, 4.69) is 15.3 Å². The normalized spacial score (nSPS) is 11.1. The van der Waals surface area contributed by atoms with Crippen LogP contribution in [0, 0.1) is 6.92 Å². The van der Waals surface area contributed by atoms with Crippen LogP contribution in [0.1, 0.15) is 15.4 Å². The molecule has 1 amide bonds. The molecule has 0 unspecified atom stereocenters. The number of aryl methyl sites for hydroxylation is 1. The Hall–Kier alpha value is -3.29. The number of nitrogens with zero attached hydrogens (tertiary/aromatic N) is 3. The van der Waals surface area contributed by atoms with Gasteiger partial charge in [-0.15, -0.1) is 22.7 Å². The van der Waals surface area contributed by atoms with Crippen LogP contribution < -0.4 is 5.32 Å². The van der Waals surface area contributed by atoms with Gasteiger partial charge in [-0.25, -0.2) is 9.97 Å². The van der Waals surface area contributed by atoms with E-state index in [1.54, 1.807) is 11.3 Å². The number of carbonyl (C=O) groups excluding carboxylic acids is 1. The molecule has 5 rings (SSSR count). The van der Waals surface area contributed by atoms with Gasteiger partial charge in [0.2, 0.25) is 0 Å². The molecule has 0 atom stereocenters. The molecule has 3 aromatic heterocycles. The average Bonchev–Trinajstić information content (AvgIpc) is 3.44. The Morgan fingerprint density at radius 2 is 1.79 bits per heavy atom. The van der Waals surface area contributed by atoms with Gasteiger partial charge in [-0.2, -0.15) is 0 Å². The number of rotatable bonds is 4. The number of thiazole rings is 2. The second kappa shape index (κ2) is 7.27. The van der Waals surface area contributed by atoms with Crippen LogP contribution in [0.4, 0.5) is 5.69 Å². The van der Waals surface area contributed by atoms with Crippen molar-refractivity contribution in [2.45, 2.75) is 6.92 Å². The maximum Gasteiger partial charge on any atom is 0.267 e. The fourth-order valence-electron chi connectivity index (χ4n) is 3.09. The third-order valence-electron chi connectivity index (χ3n) is 4.56. The van der Waals surface area contributed by atoms with Gasteiger partial charge in [0, 0.05) is 34.6 Å². The molecule has 2 aromatic carbocycles. The number of imidazole rings is 1. The van der Waals surface area contributed by atoms with Gasteiger partial charge in [0.25, 0.3) is 5.91 Å². The summed E-state index contributed by atoms with van der Waals surface area (Å²) in [6.07, 6.45) is 4.00. The van der Waals surface area contributed by atoms with Gasteiger partial charge < -0.3 is 5.32 Å². The molecule has 3 heterocycles. The number of fused-ring (bicyclic) bond motifs is 1. The number of anilines is 1. The lowest BCUT2D eigenvalue weighted by molar-refractivity contribution is 0.103. The number of nitrogens with one attached hydrogen (secondary N) is 1. The predicted molar refractivity (Wildman–Crippen MR) is 119 cm³/mol. The third kappa shape index (κ3) is 3.46. The minimum Gasteiger partial charge on any atom is -0.321 e. The van der Waals surface area contributed by atoms with Crippen LogP contribution in [0.2, 0.25) is 0 Å². The first-order chi connectivity index (χ1) is 14.2. The Morgan fingerprint density at radius 1 is 1.00 bits per heavy atom. The third-order valence-corrected chi connectivity index (χ3v) is 6.53. The molecule has 0 saturated carbocycles. The summed E-state index contributed by atoms with van der Waals surface area (Å²) < 4.78 is 2.01. The molecule has 142 valence electrons. The molecule has 0 bridgehead atoms. The maximum absolute atomic E-state index is 12.8. The van der Waals surface area contributed by atoms with Crippen molar-refractivity contribution in [3.8, 4) is 21.8 Å². The van der Waals surface area contributed by atoms with Crippen LogP contribution in [-0.2, 0) is 0 Å². The smallest absolute Gasteiger partial charge is 0.267 e. The Bertz CT molecular complexity index is 1270. The number of amides is 1. The van der Waals surface area contributed by atoms with Gasteiger partial charge in [-0.05, 0) is 19.1 Å². The summed E-state index contributed by atoms with van der Waals surface area (Å²) in [6.45, 7) is 1.87. The summed E-state index contributed by atoms with van der Waals surface area (Å²) in [5, 5.41) is 5.83. The van der Waals surface area contributed by atoms with Crippen molar-refractivity contribution in [3.63, 3.8) is 0 Å². The summed E-state index contributed by atoms with van der Waals surface area (Å²) in [5.41, 5.74) is 4.43. The monoisotopic (exact) mass is 416 g/mol. The summed E-state index contributed by atoms with van der Waals surface area (Å²) >= 11 is 3.01. The molecule has 0 spiro atoms. The van der Waals surface area contributed by atoms with Crippen LogP contribution in [0.3, 0.4) is 0 Å². The van der Waals surface area contributed by atoms with Gasteiger partial charge in [0.05, 0.1) is 11.4 Å². The lowest BCUT2D eigenvalue weighted by atomic mass is 10.1. The lowest BCUT2D eigenvalue weighted by Gasteiger charge is -2.05. The van der Waals surface area contributed by atoms with Crippen molar-refractivity contribution in [2.24, 2.45) is 0 Å². The van der Waals surface area contributed by atoms with Crippen LogP contribution in [-0.4, -0.2) is 20.3 Å². The van der Waals surface area contributed by atoms with E-state index in [4.69, 9.17) is 0 Å². The van der Waals surface area contributed by atoms with E-state index in [1.165, 1.54) is 11.3 Å². The van der Waals surface area contributed by atoms with Crippen LogP contribution >= 0.6 is 22.7 Å². The molecule has 0 saturated heterocycles. The second-order valence-corrected chi connectivity index (χ2v) is 8.42. The van der Waals surface area contributed by atoms with Crippen molar-refractivity contribution in [3.05, 3.63) is 82.9 Å². The number of hydrogen-bond donors (Lipinski definition) is 1. The molecule has 1 N–H and O–H groups in total. The van der Waals surface area contributed by atoms with Crippen molar-refractivity contribution < 1.29 is 4.79 Å². The Labute approximate surface area is 175 Å². The summed E-state index contributed by atoms with van der Waals surface area (Å²) in [7, 11) is 0. The van der Waals surface area contributed by atoms with Crippen LogP contribution in [0.15, 0.2) is 72.4 Å². The zero-order valence-electron chi connectivity index (χ0n) is 15.5. The lowest BCUT2D eigenvalue weighted by Crippen LogP contribution is -2.11. The predicted octanol–water partition coefficient (Wildman–Crippen LogP) is 5.75. The molecular formula is C22H16N4OS2. The van der Waals surface area contributed by atoms with E-state index >= 15 is 0 Å². The molecule has 0 radical (unpaired) electrons. The number of carbonyl (C=O) groups is 1. The van der Waals surface area contributed by atoms with Gasteiger partial charge in [0.1, 0.15) is 9.88 Å². The average molecular weight is 417 g/mol. The highest BCUT2D eigenvalue weighted by Crippen LogP contribution is 2.29. The van der Waals surface area contributed by atoms with E-state index in [0.717, 1.165) is 38.2 Å². The molecule has 7 heteroatoms. The SMILES string of the molecule is Cc1nc(-c2ccccc2)sc1C(=O)Nc1ccc(-c2cn3ccsc3n2)cc1. The fourth-order valence-corrected chi connectivity index (χ4v) is 4.76. The standard InChI is InChI=1S/C22H16N4OS2/c1-14-19(29-21(23-14)16-5-3-2-4-6-16)20(27)24-17-9-7-15(8-10-17)18-13-26-11-12-28-22(26)25-18/h2-13H,1H3,(H,24,27). The zero-order valence-corrected chi connectivity index (χ0v) is 17.1. The second-order valence-electron chi connectivity index (χ2n) is 6.55. The molecule has 5 nitrogen and oxygen atoms in total. The van der Waals surface area contributed by atoms with Crippen molar-refractivity contribution >= 4 is 39.2 Å². The van der Waals surface area contributed by atoms with Gasteiger partial charge in [-0.3, -0.25) is 9.20 Å². The van der Waals surface area contributed by atoms with Crippen molar-refractivity contribution in [2.75, 3.05) is 5.32 Å². The van der Waals surface area contributed by atoms with E-state index in [0.29, 0.717) is 4.88 Å². The maximum atomic E-state index is 12.8. The van der Waals surface area contributed by atoms with E-state index in [9.17, 15) is 4.79 Å². The largest absolute Gasteiger partial charge is 0.321 e. The van der Waals surface area contributed by atoms with Crippen LogP contribution in [0.25, 0.3) is 26.8 Å². The highest BCUT2D eigenvalue weighted by Gasteiger charge is 2.16. The fraction of sp³-hybridized carbons (Fsp3) is 0.0455. The molecule has 5 aromatic rings. The molecule has 0 aliphatic carbocycles. The molecule has 0 aliphatic heterocycles. The summed E-state index contributed by atoms with van der Waals surface area (Å²) in [4.78, 5) is 23.5. The minimum atomic E-state index is -0.141. The van der Waals surface area contributed by atoms with E-state index < -0.39 is 0 Å². The Kier molecular flexibility index (Phi) is 4.46. The van der Waals surface area contributed by atoms with Gasteiger partial charge in [0.15, 0.2) is 4.96 Å².